The minimum Gasteiger partial charge on any atom is -0.336 e. The van der Waals surface area contributed by atoms with Gasteiger partial charge in [0.2, 0.25) is 0 Å². The normalized spacial score (nSPS) is 16.2. The first-order valence-electron chi connectivity index (χ1n) is 7.29. The summed E-state index contributed by atoms with van der Waals surface area (Å²) in [4.78, 5) is 14.2. The number of thiophene rings is 1. The van der Waals surface area contributed by atoms with Gasteiger partial charge in [0.25, 0.3) is 15.9 Å². The first-order chi connectivity index (χ1) is 11.8. The van der Waals surface area contributed by atoms with Gasteiger partial charge in [-0.1, -0.05) is 29.3 Å². The van der Waals surface area contributed by atoms with Crippen LogP contribution in [0, 0.1) is 0 Å². The fraction of sp³-hybridized carbons (Fsp3) is 0.267. The van der Waals surface area contributed by atoms with Crippen molar-refractivity contribution < 1.29 is 13.2 Å². The smallest absolute Gasteiger partial charge is 0.255 e. The Hall–Kier alpha value is -0.640. The van der Waals surface area contributed by atoms with Crippen LogP contribution in [0.15, 0.2) is 38.3 Å². The van der Waals surface area contributed by atoms with Gasteiger partial charge in [-0.15, -0.1) is 11.3 Å². The number of sulfonamides is 1. The average molecular weight is 484 g/mol. The lowest BCUT2D eigenvalue weighted by Gasteiger charge is -2.33. The Balaban J connectivity index is 1.71. The molecule has 3 rings (SSSR count). The lowest BCUT2D eigenvalue weighted by atomic mass is 10.2. The predicted octanol–water partition coefficient (Wildman–Crippen LogP) is 3.96. The number of hydrogen-bond acceptors (Lipinski definition) is 4. The summed E-state index contributed by atoms with van der Waals surface area (Å²) in [6.45, 7) is 1.07. The van der Waals surface area contributed by atoms with Gasteiger partial charge in [-0.2, -0.15) is 4.31 Å². The van der Waals surface area contributed by atoms with Gasteiger partial charge in [-0.05, 0) is 40.2 Å². The topological polar surface area (TPSA) is 57.7 Å². The molecule has 1 aromatic carbocycles. The third kappa shape index (κ3) is 3.89. The van der Waals surface area contributed by atoms with Crippen molar-refractivity contribution in [2.75, 3.05) is 26.2 Å². The van der Waals surface area contributed by atoms with E-state index in [0.717, 1.165) is 3.79 Å². The molecule has 1 amide bonds. The first kappa shape index (κ1) is 19.1. The highest BCUT2D eigenvalue weighted by molar-refractivity contribution is 9.11. The summed E-state index contributed by atoms with van der Waals surface area (Å²) in [5.41, 5.74) is 0.327. The van der Waals surface area contributed by atoms with Gasteiger partial charge in [0.05, 0.1) is 19.4 Å². The highest BCUT2D eigenvalue weighted by Crippen LogP contribution is 2.30. The van der Waals surface area contributed by atoms with Gasteiger partial charge in [-0.3, -0.25) is 4.79 Å². The molecule has 1 fully saturated rings. The van der Waals surface area contributed by atoms with E-state index in [4.69, 9.17) is 23.2 Å². The molecule has 1 aromatic heterocycles. The number of amides is 1. The Morgan fingerprint density at radius 2 is 1.76 bits per heavy atom. The van der Waals surface area contributed by atoms with Crippen molar-refractivity contribution in [3.63, 3.8) is 0 Å². The van der Waals surface area contributed by atoms with Crippen LogP contribution in [-0.2, 0) is 10.0 Å². The highest BCUT2D eigenvalue weighted by atomic mass is 79.9. The number of piperazine rings is 1. The third-order valence-corrected chi connectivity index (χ3v) is 8.66. The molecule has 0 unspecified atom stereocenters. The number of hydrogen-bond donors (Lipinski definition) is 0. The van der Waals surface area contributed by atoms with Crippen LogP contribution < -0.4 is 0 Å². The zero-order chi connectivity index (χ0) is 18.2. The van der Waals surface area contributed by atoms with Gasteiger partial charge < -0.3 is 4.90 Å². The zero-order valence-corrected chi connectivity index (χ0v) is 17.5. The quantitative estimate of drug-likeness (QED) is 0.663. The maximum Gasteiger partial charge on any atom is 0.255 e. The summed E-state index contributed by atoms with van der Waals surface area (Å²) in [5.74, 6) is -0.247. The fourth-order valence-electron chi connectivity index (χ4n) is 2.53. The molecular formula is C15H13BrCl2N2O3S2. The fourth-order valence-corrected chi connectivity index (χ4v) is 6.50. The molecule has 0 aliphatic carbocycles. The van der Waals surface area contributed by atoms with E-state index in [1.165, 1.54) is 15.6 Å². The van der Waals surface area contributed by atoms with Crippen molar-refractivity contribution in [2.45, 2.75) is 4.21 Å². The van der Waals surface area contributed by atoms with E-state index in [1.807, 2.05) is 0 Å². The average Bonchev–Trinajstić information content (AvgIpc) is 3.04. The summed E-state index contributed by atoms with van der Waals surface area (Å²) in [6, 6.07) is 8.18. The van der Waals surface area contributed by atoms with E-state index < -0.39 is 10.0 Å². The summed E-state index contributed by atoms with van der Waals surface area (Å²) in [6.07, 6.45) is 0. The Morgan fingerprint density at radius 3 is 2.36 bits per heavy atom. The number of benzene rings is 1. The van der Waals surface area contributed by atoms with Crippen molar-refractivity contribution in [3.05, 3.63) is 49.7 Å². The van der Waals surface area contributed by atoms with Gasteiger partial charge >= 0.3 is 0 Å². The Labute approximate surface area is 168 Å². The van der Waals surface area contributed by atoms with Crippen LogP contribution in [0.1, 0.15) is 10.4 Å². The molecule has 0 atom stereocenters. The molecule has 1 saturated heterocycles. The Morgan fingerprint density at radius 1 is 1.08 bits per heavy atom. The van der Waals surface area contributed by atoms with Crippen LogP contribution in [0.4, 0.5) is 0 Å². The van der Waals surface area contributed by atoms with Gasteiger partial charge in [0.15, 0.2) is 0 Å². The molecule has 1 aliphatic heterocycles. The largest absolute Gasteiger partial charge is 0.336 e. The van der Waals surface area contributed by atoms with Crippen LogP contribution >= 0.6 is 50.5 Å². The summed E-state index contributed by atoms with van der Waals surface area (Å²) in [7, 11) is -3.53. The van der Waals surface area contributed by atoms with Crippen LogP contribution in [0.3, 0.4) is 0 Å². The van der Waals surface area contributed by atoms with Crippen molar-refractivity contribution in [2.24, 2.45) is 0 Å². The third-order valence-electron chi connectivity index (χ3n) is 3.85. The molecule has 0 saturated carbocycles. The van der Waals surface area contributed by atoms with Gasteiger partial charge in [0, 0.05) is 26.2 Å². The van der Waals surface area contributed by atoms with Gasteiger partial charge in [0.1, 0.15) is 4.21 Å². The second-order valence-corrected chi connectivity index (χ2v) is 10.8. The van der Waals surface area contributed by atoms with Crippen LogP contribution in [0.2, 0.25) is 10.0 Å². The minimum absolute atomic E-state index is 0.215. The van der Waals surface area contributed by atoms with Crippen molar-refractivity contribution in [1.29, 1.82) is 0 Å². The molecule has 1 aliphatic rings. The molecule has 2 aromatic rings. The molecular weight excluding hydrogens is 471 g/mol. The number of carbonyl (C=O) groups excluding carboxylic acids is 1. The molecule has 10 heteroatoms. The monoisotopic (exact) mass is 482 g/mol. The standard InChI is InChI=1S/C15H13BrCl2N2O3S2/c16-12-4-5-13(24-12)25(22,23)20-8-6-19(7-9-20)15(21)10-2-1-3-11(17)14(10)18/h1-5H,6-9H2. The Kier molecular flexibility index (Phi) is 5.77. The molecule has 0 bridgehead atoms. The molecule has 5 nitrogen and oxygen atoms in total. The van der Waals surface area contributed by atoms with Crippen LogP contribution in [0.5, 0.6) is 0 Å². The molecule has 0 radical (unpaired) electrons. The molecule has 2 heterocycles. The van der Waals surface area contributed by atoms with E-state index in [9.17, 15) is 13.2 Å². The van der Waals surface area contributed by atoms with E-state index in [-0.39, 0.29) is 28.2 Å². The van der Waals surface area contributed by atoms with Crippen LogP contribution in [-0.4, -0.2) is 49.7 Å². The minimum atomic E-state index is -3.53. The van der Waals surface area contributed by atoms with Gasteiger partial charge in [-0.25, -0.2) is 8.42 Å². The molecule has 0 N–H and O–H groups in total. The van der Waals surface area contributed by atoms with Crippen molar-refractivity contribution in [1.82, 2.24) is 9.21 Å². The lowest BCUT2D eigenvalue weighted by Crippen LogP contribution is -2.50. The number of nitrogens with zero attached hydrogens (tertiary/aromatic N) is 2. The number of halogens is 3. The van der Waals surface area contributed by atoms with Crippen LogP contribution in [0.25, 0.3) is 0 Å². The van der Waals surface area contributed by atoms with Crippen molar-refractivity contribution >= 4 is 66.4 Å². The number of rotatable bonds is 3. The molecule has 25 heavy (non-hydrogen) atoms. The zero-order valence-electron chi connectivity index (χ0n) is 12.8. The Bertz CT molecular complexity index is 909. The number of carbonyl (C=O) groups is 1. The predicted molar refractivity (Wildman–Crippen MR) is 103 cm³/mol. The summed E-state index contributed by atoms with van der Waals surface area (Å²) < 4.78 is 27.7. The maximum atomic E-state index is 12.6. The lowest BCUT2D eigenvalue weighted by molar-refractivity contribution is 0.0698. The van der Waals surface area contributed by atoms with E-state index >= 15 is 0 Å². The van der Waals surface area contributed by atoms with Crippen molar-refractivity contribution in [3.8, 4) is 0 Å². The summed E-state index contributed by atoms with van der Waals surface area (Å²) >= 11 is 16.5. The van der Waals surface area contributed by atoms with E-state index in [1.54, 1.807) is 35.2 Å². The van der Waals surface area contributed by atoms with E-state index in [0.29, 0.717) is 23.7 Å². The molecule has 134 valence electrons. The van der Waals surface area contributed by atoms with E-state index in [2.05, 4.69) is 15.9 Å². The second kappa shape index (κ2) is 7.54. The maximum absolute atomic E-state index is 12.6. The first-order valence-corrected chi connectivity index (χ1v) is 11.1. The SMILES string of the molecule is O=C(c1cccc(Cl)c1Cl)N1CCN(S(=O)(=O)c2ccc(Br)s2)CC1. The highest BCUT2D eigenvalue weighted by Gasteiger charge is 2.31. The second-order valence-electron chi connectivity index (χ2n) is 5.36. The summed E-state index contributed by atoms with van der Waals surface area (Å²) in [5, 5.41) is 0.532. The molecule has 0 spiro atoms.